The number of imidazole rings is 1. The van der Waals surface area contributed by atoms with Gasteiger partial charge >= 0.3 is 0 Å². The van der Waals surface area contributed by atoms with E-state index < -0.39 is 0 Å². The van der Waals surface area contributed by atoms with Crippen molar-refractivity contribution in [2.75, 3.05) is 34.2 Å². The Labute approximate surface area is 216 Å². The van der Waals surface area contributed by atoms with Gasteiger partial charge in [-0.1, -0.05) is 71.7 Å². The summed E-state index contributed by atoms with van der Waals surface area (Å²) < 4.78 is 1.99. The molecule has 1 heterocycles. The first-order valence-electron chi connectivity index (χ1n) is 11.5. The fourth-order valence-corrected chi connectivity index (χ4v) is 4.40. The Morgan fingerprint density at radius 3 is 2.14 bits per heavy atom. The van der Waals surface area contributed by atoms with E-state index >= 15 is 0 Å². The highest BCUT2D eigenvalue weighted by Gasteiger charge is 2.27. The summed E-state index contributed by atoms with van der Waals surface area (Å²) in [7, 11) is 5.87. The minimum absolute atomic E-state index is 0.142. The lowest BCUT2D eigenvalue weighted by Crippen LogP contribution is -2.30. The Morgan fingerprint density at radius 1 is 0.829 bits per heavy atom. The van der Waals surface area contributed by atoms with E-state index in [1.165, 1.54) is 0 Å². The van der Waals surface area contributed by atoms with Crippen molar-refractivity contribution in [3.05, 3.63) is 94.6 Å². The van der Waals surface area contributed by atoms with E-state index in [9.17, 15) is 4.79 Å². The van der Waals surface area contributed by atoms with Crippen molar-refractivity contribution in [3.63, 3.8) is 0 Å². The molecule has 7 heteroatoms. The molecule has 0 bridgehead atoms. The second kappa shape index (κ2) is 11.1. The monoisotopic (exact) mass is 506 g/mol. The first kappa shape index (κ1) is 25.0. The van der Waals surface area contributed by atoms with E-state index in [1.54, 1.807) is 4.90 Å². The number of carbonyl (C=O) groups is 1. The van der Waals surface area contributed by atoms with E-state index in [0.717, 1.165) is 29.8 Å². The summed E-state index contributed by atoms with van der Waals surface area (Å²) in [4.78, 5) is 22.5. The summed E-state index contributed by atoms with van der Waals surface area (Å²) in [5.41, 5.74) is 3.56. The number of nitrogens with zero attached hydrogens (tertiary/aromatic N) is 4. The van der Waals surface area contributed by atoms with Crippen molar-refractivity contribution in [1.82, 2.24) is 19.4 Å². The van der Waals surface area contributed by atoms with Crippen LogP contribution in [0.5, 0.6) is 0 Å². The average Bonchev–Trinajstić information content (AvgIpc) is 3.24. The molecule has 1 aromatic heterocycles. The van der Waals surface area contributed by atoms with E-state index in [4.69, 9.17) is 28.2 Å². The molecule has 0 unspecified atom stereocenters. The van der Waals surface area contributed by atoms with Gasteiger partial charge in [0.15, 0.2) is 5.69 Å². The van der Waals surface area contributed by atoms with E-state index in [2.05, 4.69) is 4.90 Å². The summed E-state index contributed by atoms with van der Waals surface area (Å²) in [5.74, 6) is 0.518. The lowest BCUT2D eigenvalue weighted by atomic mass is 10.1. The Bertz CT molecular complexity index is 1320. The number of hydrogen-bond donors (Lipinski definition) is 0. The smallest absolute Gasteiger partial charge is 0.274 e. The highest BCUT2D eigenvalue weighted by Crippen LogP contribution is 2.35. The van der Waals surface area contributed by atoms with Crippen molar-refractivity contribution >= 4 is 29.1 Å². The van der Waals surface area contributed by atoms with Crippen LogP contribution in [0, 0.1) is 0 Å². The fraction of sp³-hybridized carbons (Fsp3) is 0.214. The average molecular weight is 507 g/mol. The minimum Gasteiger partial charge on any atom is -0.340 e. The largest absolute Gasteiger partial charge is 0.340 e. The Kier molecular flexibility index (Phi) is 7.91. The highest BCUT2D eigenvalue weighted by molar-refractivity contribution is 6.31. The van der Waals surface area contributed by atoms with Gasteiger partial charge in [0.2, 0.25) is 0 Å². The predicted octanol–water partition coefficient (Wildman–Crippen LogP) is 6.54. The summed E-state index contributed by atoms with van der Waals surface area (Å²) in [6.07, 6.45) is 0.863. The number of hydrogen-bond acceptors (Lipinski definition) is 3. The van der Waals surface area contributed by atoms with Crippen molar-refractivity contribution in [3.8, 4) is 28.3 Å². The summed E-state index contributed by atoms with van der Waals surface area (Å²) in [6, 6.07) is 24.9. The van der Waals surface area contributed by atoms with E-state index in [-0.39, 0.29) is 5.91 Å². The zero-order valence-electron chi connectivity index (χ0n) is 20.1. The van der Waals surface area contributed by atoms with Crippen LogP contribution in [0.2, 0.25) is 10.0 Å². The second-order valence-corrected chi connectivity index (χ2v) is 9.58. The maximum Gasteiger partial charge on any atom is 0.274 e. The molecule has 0 N–H and O–H groups in total. The third-order valence-electron chi connectivity index (χ3n) is 5.72. The van der Waals surface area contributed by atoms with Crippen LogP contribution in [-0.4, -0.2) is 59.5 Å². The first-order valence-corrected chi connectivity index (χ1v) is 12.2. The number of amides is 1. The molecule has 0 aliphatic carbocycles. The summed E-state index contributed by atoms with van der Waals surface area (Å²) >= 11 is 12.8. The van der Waals surface area contributed by atoms with Crippen LogP contribution in [-0.2, 0) is 0 Å². The van der Waals surface area contributed by atoms with Crippen molar-refractivity contribution in [1.29, 1.82) is 0 Å². The van der Waals surface area contributed by atoms with Crippen LogP contribution in [0.4, 0.5) is 0 Å². The molecular weight excluding hydrogens is 479 g/mol. The molecule has 0 atom stereocenters. The topological polar surface area (TPSA) is 41.4 Å². The molecule has 3 aromatic carbocycles. The molecule has 4 aromatic rings. The van der Waals surface area contributed by atoms with Crippen molar-refractivity contribution in [2.24, 2.45) is 0 Å². The van der Waals surface area contributed by atoms with Gasteiger partial charge in [0.25, 0.3) is 5.91 Å². The van der Waals surface area contributed by atoms with Gasteiger partial charge in [0.1, 0.15) is 5.82 Å². The van der Waals surface area contributed by atoms with Gasteiger partial charge < -0.3 is 9.80 Å². The van der Waals surface area contributed by atoms with Crippen LogP contribution >= 0.6 is 23.2 Å². The van der Waals surface area contributed by atoms with Crippen LogP contribution in [0.1, 0.15) is 16.9 Å². The van der Waals surface area contributed by atoms with Gasteiger partial charge in [-0.15, -0.1) is 0 Å². The third kappa shape index (κ3) is 5.76. The van der Waals surface area contributed by atoms with Gasteiger partial charge in [-0.3, -0.25) is 9.36 Å². The predicted molar refractivity (Wildman–Crippen MR) is 145 cm³/mol. The molecule has 4 rings (SSSR count). The molecule has 1 amide bonds. The highest BCUT2D eigenvalue weighted by atomic mass is 35.5. The number of benzene rings is 3. The van der Waals surface area contributed by atoms with Crippen LogP contribution in [0.25, 0.3) is 28.3 Å². The van der Waals surface area contributed by atoms with Gasteiger partial charge in [0, 0.05) is 40.5 Å². The van der Waals surface area contributed by atoms with Gasteiger partial charge in [-0.2, -0.15) is 0 Å². The molecule has 0 spiro atoms. The van der Waals surface area contributed by atoms with E-state index in [1.807, 2.05) is 105 Å². The number of aromatic nitrogens is 2. The molecule has 35 heavy (non-hydrogen) atoms. The fourth-order valence-electron chi connectivity index (χ4n) is 4.03. The molecular formula is C28H28Cl2N4O. The van der Waals surface area contributed by atoms with Gasteiger partial charge in [-0.05, 0) is 57.4 Å². The Hall–Kier alpha value is -3.12. The van der Waals surface area contributed by atoms with Gasteiger partial charge in [-0.25, -0.2) is 4.98 Å². The van der Waals surface area contributed by atoms with E-state index in [0.29, 0.717) is 33.8 Å². The molecule has 0 fully saturated rings. The van der Waals surface area contributed by atoms with Gasteiger partial charge in [0.05, 0.1) is 5.69 Å². The number of halogens is 2. The standard InChI is InChI=1S/C28H28Cl2N4O/c1-32(2)16-9-17-33(3)28(35)25-26(21-12-7-13-22(29)18-21)34(24-15-8-14-23(30)19-24)27(31-25)20-10-5-4-6-11-20/h4-8,10-15,18-19H,9,16-17H2,1-3H3. The Morgan fingerprint density at radius 2 is 1.49 bits per heavy atom. The van der Waals surface area contributed by atoms with Crippen molar-refractivity contribution in [2.45, 2.75) is 6.42 Å². The maximum atomic E-state index is 13.8. The molecule has 0 saturated carbocycles. The number of carbonyl (C=O) groups excluding carboxylic acids is 1. The third-order valence-corrected chi connectivity index (χ3v) is 6.19. The minimum atomic E-state index is -0.142. The normalized spacial score (nSPS) is 11.1. The van der Waals surface area contributed by atoms with Crippen LogP contribution < -0.4 is 0 Å². The molecule has 0 aliphatic heterocycles. The lowest BCUT2D eigenvalue weighted by Gasteiger charge is -2.19. The zero-order chi connectivity index (χ0) is 24.9. The molecule has 180 valence electrons. The molecule has 0 radical (unpaired) electrons. The molecule has 5 nitrogen and oxygen atoms in total. The lowest BCUT2D eigenvalue weighted by molar-refractivity contribution is 0.0786. The Balaban J connectivity index is 1.94. The summed E-state index contributed by atoms with van der Waals surface area (Å²) in [5, 5.41) is 1.18. The van der Waals surface area contributed by atoms with Crippen molar-refractivity contribution < 1.29 is 4.79 Å². The second-order valence-electron chi connectivity index (χ2n) is 8.71. The SMILES string of the molecule is CN(C)CCCN(C)C(=O)c1nc(-c2ccccc2)n(-c2cccc(Cl)c2)c1-c1cccc(Cl)c1. The summed E-state index contributed by atoms with van der Waals surface area (Å²) in [6.45, 7) is 1.52. The zero-order valence-corrected chi connectivity index (χ0v) is 21.6. The molecule has 0 aliphatic rings. The quantitative estimate of drug-likeness (QED) is 0.272. The van der Waals surface area contributed by atoms with Crippen LogP contribution in [0.15, 0.2) is 78.9 Å². The van der Waals surface area contributed by atoms with Crippen LogP contribution in [0.3, 0.4) is 0 Å². The molecule has 0 saturated heterocycles. The maximum absolute atomic E-state index is 13.8. The first-order chi connectivity index (χ1) is 16.8. The number of rotatable bonds is 8.